The van der Waals surface area contributed by atoms with E-state index in [9.17, 15) is 0 Å². The van der Waals surface area contributed by atoms with Crippen molar-refractivity contribution in [3.05, 3.63) is 12.4 Å². The molecular formula is C11H20N4O2. The number of rotatable bonds is 9. The van der Waals surface area contributed by atoms with Crippen molar-refractivity contribution in [3.63, 3.8) is 0 Å². The lowest BCUT2D eigenvalue weighted by Crippen LogP contribution is -2.12. The lowest BCUT2D eigenvalue weighted by atomic mass is 10.4. The van der Waals surface area contributed by atoms with Gasteiger partial charge >= 0.3 is 0 Å². The second-order valence-corrected chi connectivity index (χ2v) is 3.48. The highest BCUT2D eigenvalue weighted by Gasteiger charge is 1.97. The third kappa shape index (κ3) is 6.03. The highest BCUT2D eigenvalue weighted by molar-refractivity contribution is 5.46. The fraction of sp³-hybridized carbons (Fsp3) is 0.636. The Morgan fingerprint density at radius 2 is 1.88 bits per heavy atom. The summed E-state index contributed by atoms with van der Waals surface area (Å²) in [6.07, 6.45) is 2.58. The van der Waals surface area contributed by atoms with Gasteiger partial charge in [0, 0.05) is 19.2 Å². The lowest BCUT2D eigenvalue weighted by Gasteiger charge is -2.08. The van der Waals surface area contributed by atoms with E-state index in [-0.39, 0.29) is 6.61 Å². The number of ether oxygens (including phenoxy) is 1. The van der Waals surface area contributed by atoms with Gasteiger partial charge in [0.15, 0.2) is 0 Å². The Kier molecular flexibility index (Phi) is 7.01. The molecular weight excluding hydrogens is 220 g/mol. The quantitative estimate of drug-likeness (QED) is 0.552. The number of aliphatic hydroxyl groups is 1. The monoisotopic (exact) mass is 240 g/mol. The summed E-state index contributed by atoms with van der Waals surface area (Å²) >= 11 is 0. The van der Waals surface area contributed by atoms with Crippen LogP contribution in [0.4, 0.5) is 11.6 Å². The van der Waals surface area contributed by atoms with Gasteiger partial charge < -0.3 is 20.5 Å². The molecule has 17 heavy (non-hydrogen) atoms. The van der Waals surface area contributed by atoms with Crippen molar-refractivity contribution in [1.82, 2.24) is 9.97 Å². The molecule has 0 saturated carbocycles. The van der Waals surface area contributed by atoms with Gasteiger partial charge in [0.1, 0.15) is 18.0 Å². The predicted octanol–water partition coefficient (Wildman–Crippen LogP) is 0.719. The van der Waals surface area contributed by atoms with Crippen LogP contribution >= 0.6 is 0 Å². The highest BCUT2D eigenvalue weighted by atomic mass is 16.5. The first-order valence-corrected chi connectivity index (χ1v) is 5.85. The van der Waals surface area contributed by atoms with Crippen molar-refractivity contribution >= 4 is 11.6 Å². The normalized spacial score (nSPS) is 10.2. The van der Waals surface area contributed by atoms with E-state index in [0.29, 0.717) is 19.8 Å². The maximum absolute atomic E-state index is 8.53. The first-order valence-electron chi connectivity index (χ1n) is 5.85. The highest BCUT2D eigenvalue weighted by Crippen LogP contribution is 2.07. The maximum atomic E-state index is 8.53. The molecule has 0 atom stereocenters. The van der Waals surface area contributed by atoms with Crippen molar-refractivity contribution in [1.29, 1.82) is 0 Å². The molecule has 0 amide bonds. The van der Waals surface area contributed by atoms with Crippen LogP contribution in [-0.4, -0.2) is 48.0 Å². The molecule has 1 rings (SSSR count). The Morgan fingerprint density at radius 1 is 1.18 bits per heavy atom. The number of hydrogen-bond acceptors (Lipinski definition) is 6. The van der Waals surface area contributed by atoms with Crippen LogP contribution in [0, 0.1) is 0 Å². The molecule has 96 valence electrons. The molecule has 0 aromatic carbocycles. The van der Waals surface area contributed by atoms with Crippen molar-refractivity contribution < 1.29 is 9.84 Å². The van der Waals surface area contributed by atoms with Crippen LogP contribution in [0.1, 0.15) is 13.3 Å². The molecule has 0 fully saturated rings. The molecule has 0 radical (unpaired) electrons. The Morgan fingerprint density at radius 3 is 2.53 bits per heavy atom. The van der Waals surface area contributed by atoms with Gasteiger partial charge in [0.2, 0.25) is 0 Å². The molecule has 6 heteroatoms. The van der Waals surface area contributed by atoms with Gasteiger partial charge in [-0.15, -0.1) is 0 Å². The van der Waals surface area contributed by atoms with Crippen molar-refractivity contribution in [2.24, 2.45) is 0 Å². The summed E-state index contributed by atoms with van der Waals surface area (Å²) in [5.41, 5.74) is 0. The fourth-order valence-corrected chi connectivity index (χ4v) is 1.22. The van der Waals surface area contributed by atoms with Gasteiger partial charge in [0.05, 0.1) is 19.8 Å². The van der Waals surface area contributed by atoms with E-state index in [1.54, 1.807) is 0 Å². The minimum atomic E-state index is 0.0542. The minimum absolute atomic E-state index is 0.0542. The third-order valence-corrected chi connectivity index (χ3v) is 2.01. The van der Waals surface area contributed by atoms with E-state index in [2.05, 4.69) is 27.5 Å². The van der Waals surface area contributed by atoms with E-state index < -0.39 is 0 Å². The summed E-state index contributed by atoms with van der Waals surface area (Å²) in [5, 5.41) is 14.8. The van der Waals surface area contributed by atoms with Crippen LogP contribution in [0.5, 0.6) is 0 Å². The van der Waals surface area contributed by atoms with Gasteiger partial charge in [-0.25, -0.2) is 9.97 Å². The number of nitrogens with one attached hydrogen (secondary N) is 2. The number of nitrogens with zero attached hydrogens (tertiary/aromatic N) is 2. The third-order valence-electron chi connectivity index (χ3n) is 2.01. The van der Waals surface area contributed by atoms with Gasteiger partial charge in [0.25, 0.3) is 0 Å². The van der Waals surface area contributed by atoms with Crippen molar-refractivity contribution in [2.75, 3.05) is 43.5 Å². The van der Waals surface area contributed by atoms with Crippen LogP contribution < -0.4 is 10.6 Å². The smallest absolute Gasteiger partial charge is 0.131 e. The lowest BCUT2D eigenvalue weighted by molar-refractivity contribution is 0.0992. The Labute approximate surface area is 101 Å². The average Bonchev–Trinajstić information content (AvgIpc) is 2.37. The zero-order chi connectivity index (χ0) is 12.3. The van der Waals surface area contributed by atoms with E-state index in [1.807, 2.05) is 6.07 Å². The topological polar surface area (TPSA) is 79.3 Å². The predicted molar refractivity (Wildman–Crippen MR) is 67.2 cm³/mol. The van der Waals surface area contributed by atoms with E-state index in [4.69, 9.17) is 9.84 Å². The number of aliphatic hydroxyl groups excluding tert-OH is 1. The number of hydrogen-bond donors (Lipinski definition) is 3. The molecule has 3 N–H and O–H groups in total. The van der Waals surface area contributed by atoms with Crippen molar-refractivity contribution in [3.8, 4) is 0 Å². The van der Waals surface area contributed by atoms with E-state index in [1.165, 1.54) is 6.33 Å². The molecule has 1 aromatic rings. The molecule has 6 nitrogen and oxygen atoms in total. The van der Waals surface area contributed by atoms with Gasteiger partial charge in [-0.1, -0.05) is 6.92 Å². The van der Waals surface area contributed by atoms with Crippen LogP contribution in [-0.2, 0) is 4.74 Å². The zero-order valence-electron chi connectivity index (χ0n) is 10.1. The second-order valence-electron chi connectivity index (χ2n) is 3.48. The SMILES string of the molecule is CCCNc1cc(NCCOCCO)ncn1. The number of aromatic nitrogens is 2. The summed E-state index contributed by atoms with van der Waals surface area (Å²) in [7, 11) is 0. The Balaban J connectivity index is 2.27. The van der Waals surface area contributed by atoms with Crippen LogP contribution in [0.3, 0.4) is 0 Å². The Hall–Kier alpha value is -1.40. The first-order chi connectivity index (χ1) is 8.36. The summed E-state index contributed by atoms with van der Waals surface area (Å²) in [4.78, 5) is 8.21. The van der Waals surface area contributed by atoms with E-state index in [0.717, 1.165) is 24.6 Å². The summed E-state index contributed by atoms with van der Waals surface area (Å²) < 4.78 is 5.13. The van der Waals surface area contributed by atoms with Crippen LogP contribution in [0.15, 0.2) is 12.4 Å². The summed E-state index contributed by atoms with van der Waals surface area (Å²) in [5.74, 6) is 1.59. The molecule has 0 spiro atoms. The molecule has 0 bridgehead atoms. The second kappa shape index (κ2) is 8.72. The summed E-state index contributed by atoms with van der Waals surface area (Å²) in [6, 6.07) is 1.86. The summed E-state index contributed by atoms with van der Waals surface area (Å²) in [6.45, 7) is 4.63. The van der Waals surface area contributed by atoms with Gasteiger partial charge in [-0.3, -0.25) is 0 Å². The molecule has 1 heterocycles. The molecule has 0 aliphatic carbocycles. The molecule has 1 aromatic heterocycles. The standard InChI is InChI=1S/C11H20N4O2/c1-2-3-12-10-8-11(15-9-14-10)13-4-6-17-7-5-16/h8-9,16H,2-7H2,1H3,(H2,12,13,14,15). The van der Waals surface area contributed by atoms with Gasteiger partial charge in [-0.2, -0.15) is 0 Å². The zero-order valence-corrected chi connectivity index (χ0v) is 10.1. The minimum Gasteiger partial charge on any atom is -0.394 e. The van der Waals surface area contributed by atoms with E-state index >= 15 is 0 Å². The first kappa shape index (κ1) is 13.7. The fourth-order valence-electron chi connectivity index (χ4n) is 1.22. The van der Waals surface area contributed by atoms with Crippen LogP contribution in [0.2, 0.25) is 0 Å². The Bertz CT molecular complexity index is 309. The molecule has 0 aliphatic rings. The largest absolute Gasteiger partial charge is 0.394 e. The molecule has 0 aliphatic heterocycles. The molecule has 0 saturated heterocycles. The number of anilines is 2. The van der Waals surface area contributed by atoms with Crippen molar-refractivity contribution in [2.45, 2.75) is 13.3 Å². The van der Waals surface area contributed by atoms with Crippen LogP contribution in [0.25, 0.3) is 0 Å². The van der Waals surface area contributed by atoms with Gasteiger partial charge in [-0.05, 0) is 6.42 Å². The molecule has 0 unspecified atom stereocenters. The maximum Gasteiger partial charge on any atom is 0.131 e. The average molecular weight is 240 g/mol.